The lowest BCUT2D eigenvalue weighted by molar-refractivity contribution is 0.410. The van der Waals surface area contributed by atoms with Crippen molar-refractivity contribution in [3.8, 4) is 5.75 Å². The summed E-state index contributed by atoms with van der Waals surface area (Å²) in [6.07, 6.45) is 0.633. The van der Waals surface area contributed by atoms with Gasteiger partial charge in [0, 0.05) is 12.0 Å². The molecule has 0 spiro atoms. The minimum atomic E-state index is 0.264. The van der Waals surface area contributed by atoms with Gasteiger partial charge in [-0.2, -0.15) is 4.98 Å². The highest BCUT2D eigenvalue weighted by Crippen LogP contribution is 2.19. The van der Waals surface area contributed by atoms with Crippen LogP contribution in [0.25, 0.3) is 0 Å². The molecule has 5 nitrogen and oxygen atoms in total. The smallest absolute Gasteiger partial charge is 0.239 e. The van der Waals surface area contributed by atoms with Crippen LogP contribution in [0, 0.1) is 0 Å². The summed E-state index contributed by atoms with van der Waals surface area (Å²) in [6.45, 7) is 0. The minimum Gasteiger partial charge on any atom is -0.496 e. The van der Waals surface area contributed by atoms with Crippen molar-refractivity contribution in [2.75, 3.05) is 12.8 Å². The lowest BCUT2D eigenvalue weighted by atomic mass is 10.1. The summed E-state index contributed by atoms with van der Waals surface area (Å²) in [4.78, 5) is 4.04. The summed E-state index contributed by atoms with van der Waals surface area (Å²) < 4.78 is 5.23. The van der Waals surface area contributed by atoms with Gasteiger partial charge in [0.15, 0.2) is 0 Å². The van der Waals surface area contributed by atoms with Crippen molar-refractivity contribution in [2.24, 2.45) is 0 Å². The number of aromatic nitrogens is 3. The topological polar surface area (TPSA) is 76.8 Å². The van der Waals surface area contributed by atoms with Crippen molar-refractivity contribution in [1.29, 1.82) is 0 Å². The van der Waals surface area contributed by atoms with Crippen LogP contribution in [0.3, 0.4) is 0 Å². The number of ether oxygens (including phenoxy) is 1. The zero-order chi connectivity index (χ0) is 10.7. The number of hydrogen-bond acceptors (Lipinski definition) is 4. The Balaban J connectivity index is 2.23. The van der Waals surface area contributed by atoms with E-state index in [0.29, 0.717) is 6.42 Å². The molecule has 0 atom stereocenters. The van der Waals surface area contributed by atoms with Gasteiger partial charge in [-0.15, -0.1) is 5.10 Å². The molecule has 78 valence electrons. The molecule has 1 aromatic heterocycles. The molecule has 0 bridgehead atoms. The summed E-state index contributed by atoms with van der Waals surface area (Å²) in [5, 5.41) is 6.53. The Morgan fingerprint density at radius 1 is 1.40 bits per heavy atom. The number of H-pyrrole nitrogens is 1. The van der Waals surface area contributed by atoms with E-state index in [9.17, 15) is 0 Å². The second-order valence-electron chi connectivity index (χ2n) is 3.13. The lowest BCUT2D eigenvalue weighted by Crippen LogP contribution is -1.95. The lowest BCUT2D eigenvalue weighted by Gasteiger charge is -2.05. The van der Waals surface area contributed by atoms with Gasteiger partial charge in [0.25, 0.3) is 0 Å². The van der Waals surface area contributed by atoms with Crippen LogP contribution in [0.1, 0.15) is 11.4 Å². The number of hydrogen-bond donors (Lipinski definition) is 2. The number of para-hydroxylation sites is 1. The molecule has 0 amide bonds. The molecule has 0 unspecified atom stereocenters. The summed E-state index contributed by atoms with van der Waals surface area (Å²) in [5.74, 6) is 1.84. The van der Waals surface area contributed by atoms with Crippen LogP contribution < -0.4 is 10.5 Å². The van der Waals surface area contributed by atoms with E-state index >= 15 is 0 Å². The fourth-order valence-electron chi connectivity index (χ4n) is 1.42. The van der Waals surface area contributed by atoms with Gasteiger partial charge in [0.1, 0.15) is 11.6 Å². The van der Waals surface area contributed by atoms with E-state index < -0.39 is 0 Å². The Morgan fingerprint density at radius 3 is 2.87 bits per heavy atom. The average molecular weight is 204 g/mol. The van der Waals surface area contributed by atoms with Crippen molar-refractivity contribution in [3.63, 3.8) is 0 Å². The second kappa shape index (κ2) is 4.00. The molecule has 2 rings (SSSR count). The number of rotatable bonds is 3. The Labute approximate surface area is 87.3 Å². The molecule has 0 fully saturated rings. The predicted molar refractivity (Wildman–Crippen MR) is 56.6 cm³/mol. The third kappa shape index (κ3) is 2.07. The monoisotopic (exact) mass is 204 g/mol. The molecule has 0 aliphatic rings. The normalized spacial score (nSPS) is 10.2. The zero-order valence-corrected chi connectivity index (χ0v) is 8.40. The van der Waals surface area contributed by atoms with Gasteiger partial charge >= 0.3 is 0 Å². The summed E-state index contributed by atoms with van der Waals surface area (Å²) in [6, 6.07) is 7.78. The first-order chi connectivity index (χ1) is 7.29. The van der Waals surface area contributed by atoms with Crippen molar-refractivity contribution < 1.29 is 4.74 Å². The van der Waals surface area contributed by atoms with Crippen LogP contribution in [0.15, 0.2) is 24.3 Å². The second-order valence-corrected chi connectivity index (χ2v) is 3.13. The molecule has 0 saturated carbocycles. The molecule has 1 aromatic carbocycles. The molecular formula is C10H12N4O. The zero-order valence-electron chi connectivity index (χ0n) is 8.40. The van der Waals surface area contributed by atoms with Crippen molar-refractivity contribution in [2.45, 2.75) is 6.42 Å². The fourth-order valence-corrected chi connectivity index (χ4v) is 1.42. The van der Waals surface area contributed by atoms with Crippen LogP contribution >= 0.6 is 0 Å². The van der Waals surface area contributed by atoms with Gasteiger partial charge in [-0.25, -0.2) is 0 Å². The minimum absolute atomic E-state index is 0.264. The van der Waals surface area contributed by atoms with Gasteiger partial charge < -0.3 is 10.5 Å². The van der Waals surface area contributed by atoms with Crippen LogP contribution in [0.5, 0.6) is 5.75 Å². The molecule has 0 saturated heterocycles. The van der Waals surface area contributed by atoms with E-state index in [4.69, 9.17) is 10.5 Å². The first-order valence-corrected chi connectivity index (χ1v) is 4.58. The SMILES string of the molecule is COc1ccccc1Cc1nc(N)n[nH]1. The Hall–Kier alpha value is -2.04. The van der Waals surface area contributed by atoms with Crippen LogP contribution in [-0.2, 0) is 6.42 Å². The van der Waals surface area contributed by atoms with E-state index in [-0.39, 0.29) is 5.95 Å². The quantitative estimate of drug-likeness (QED) is 0.781. The van der Waals surface area contributed by atoms with Gasteiger partial charge in [-0.05, 0) is 6.07 Å². The van der Waals surface area contributed by atoms with Gasteiger partial charge in [-0.1, -0.05) is 18.2 Å². The van der Waals surface area contributed by atoms with Crippen molar-refractivity contribution in [1.82, 2.24) is 15.2 Å². The molecule has 0 aliphatic carbocycles. The number of nitrogens with one attached hydrogen (secondary N) is 1. The highest BCUT2D eigenvalue weighted by Gasteiger charge is 2.05. The predicted octanol–water partition coefficient (Wildman–Crippen LogP) is 0.986. The first kappa shape index (κ1) is 9.51. The van der Waals surface area contributed by atoms with Crippen molar-refractivity contribution >= 4 is 5.95 Å². The molecule has 5 heteroatoms. The van der Waals surface area contributed by atoms with E-state index in [1.165, 1.54) is 0 Å². The molecular weight excluding hydrogens is 192 g/mol. The standard InChI is InChI=1S/C10H12N4O/c1-15-8-5-3-2-4-7(8)6-9-12-10(11)14-13-9/h2-5H,6H2,1H3,(H3,11,12,13,14). The molecule has 3 N–H and O–H groups in total. The first-order valence-electron chi connectivity index (χ1n) is 4.58. The van der Waals surface area contributed by atoms with Gasteiger partial charge in [0.05, 0.1) is 7.11 Å². The van der Waals surface area contributed by atoms with Crippen LogP contribution in [-0.4, -0.2) is 22.3 Å². The summed E-state index contributed by atoms with van der Waals surface area (Å²) in [7, 11) is 1.65. The maximum Gasteiger partial charge on any atom is 0.239 e. The number of methoxy groups -OCH3 is 1. The van der Waals surface area contributed by atoms with E-state index in [1.807, 2.05) is 24.3 Å². The van der Waals surface area contributed by atoms with Gasteiger partial charge in [-0.3, -0.25) is 5.10 Å². The number of anilines is 1. The largest absolute Gasteiger partial charge is 0.496 e. The van der Waals surface area contributed by atoms with Gasteiger partial charge in [0.2, 0.25) is 5.95 Å². The van der Waals surface area contributed by atoms with Crippen molar-refractivity contribution in [3.05, 3.63) is 35.7 Å². The number of nitrogens with zero attached hydrogens (tertiary/aromatic N) is 2. The van der Waals surface area contributed by atoms with E-state index in [2.05, 4.69) is 15.2 Å². The Bertz CT molecular complexity index is 452. The number of aromatic amines is 1. The van der Waals surface area contributed by atoms with E-state index in [0.717, 1.165) is 17.1 Å². The maximum atomic E-state index is 5.42. The molecule has 1 heterocycles. The molecule has 15 heavy (non-hydrogen) atoms. The number of nitrogens with two attached hydrogens (primary N) is 1. The average Bonchev–Trinajstić information content (AvgIpc) is 2.65. The van der Waals surface area contributed by atoms with Crippen LogP contribution in [0.4, 0.5) is 5.95 Å². The maximum absolute atomic E-state index is 5.42. The third-order valence-corrected chi connectivity index (χ3v) is 2.10. The Kier molecular flexibility index (Phi) is 2.53. The Morgan fingerprint density at radius 2 is 2.20 bits per heavy atom. The molecule has 0 radical (unpaired) electrons. The molecule has 2 aromatic rings. The highest BCUT2D eigenvalue weighted by molar-refractivity contribution is 5.35. The fraction of sp³-hybridized carbons (Fsp3) is 0.200. The number of nitrogen functional groups attached to an aromatic ring is 1. The summed E-state index contributed by atoms with van der Waals surface area (Å²) >= 11 is 0. The van der Waals surface area contributed by atoms with Crippen LogP contribution in [0.2, 0.25) is 0 Å². The highest BCUT2D eigenvalue weighted by atomic mass is 16.5. The number of benzene rings is 1. The third-order valence-electron chi connectivity index (χ3n) is 2.10. The van der Waals surface area contributed by atoms with E-state index in [1.54, 1.807) is 7.11 Å². The summed E-state index contributed by atoms with van der Waals surface area (Å²) in [5.41, 5.74) is 6.47. The molecule has 0 aliphatic heterocycles.